The van der Waals surface area contributed by atoms with Gasteiger partial charge in [0.05, 0.1) is 44.0 Å². The molecule has 0 atom stereocenters. The fourth-order valence-electron chi connectivity index (χ4n) is 3.10. The maximum absolute atomic E-state index is 12.6. The first-order chi connectivity index (χ1) is 16.4. The highest BCUT2D eigenvalue weighted by Gasteiger charge is 2.15. The first-order valence-electron chi connectivity index (χ1n) is 10.2. The van der Waals surface area contributed by atoms with E-state index in [1.165, 1.54) is 31.4 Å². The Morgan fingerprint density at radius 1 is 0.824 bits per heavy atom. The monoisotopic (exact) mass is 486 g/mol. The number of sulfonamides is 1. The molecule has 0 aliphatic carbocycles. The van der Waals surface area contributed by atoms with Crippen molar-refractivity contribution in [2.45, 2.75) is 11.4 Å². The van der Waals surface area contributed by atoms with E-state index in [0.717, 1.165) is 0 Å². The number of hydrogen-bond acceptors (Lipinski definition) is 7. The third kappa shape index (κ3) is 6.32. The number of amides is 1. The van der Waals surface area contributed by atoms with Crippen LogP contribution in [0.4, 0.5) is 5.69 Å². The Morgan fingerprint density at radius 3 is 2.09 bits per heavy atom. The highest BCUT2D eigenvalue weighted by atomic mass is 32.2. The molecule has 10 heteroatoms. The summed E-state index contributed by atoms with van der Waals surface area (Å²) < 4.78 is 49.0. The van der Waals surface area contributed by atoms with E-state index in [9.17, 15) is 13.2 Å². The number of ether oxygens (including phenoxy) is 4. The Labute approximate surface area is 198 Å². The molecule has 0 unspecified atom stereocenters. The number of methoxy groups -OCH3 is 3. The molecule has 0 aromatic heterocycles. The minimum atomic E-state index is -3.80. The molecule has 0 fully saturated rings. The summed E-state index contributed by atoms with van der Waals surface area (Å²) in [5.41, 5.74) is 1.09. The summed E-state index contributed by atoms with van der Waals surface area (Å²) in [5.74, 6) is 1.72. The molecule has 0 aliphatic rings. The lowest BCUT2D eigenvalue weighted by Crippen LogP contribution is -2.28. The summed E-state index contributed by atoms with van der Waals surface area (Å²) in [6, 6.07) is 17.7. The maximum atomic E-state index is 12.6. The zero-order valence-corrected chi connectivity index (χ0v) is 19.8. The third-order valence-corrected chi connectivity index (χ3v) is 6.22. The summed E-state index contributed by atoms with van der Waals surface area (Å²) in [7, 11) is 0.781. The molecule has 1 amide bonds. The van der Waals surface area contributed by atoms with Crippen molar-refractivity contribution in [1.29, 1.82) is 0 Å². The quantitative estimate of drug-likeness (QED) is 0.428. The van der Waals surface area contributed by atoms with Crippen molar-refractivity contribution in [3.63, 3.8) is 0 Å². The molecule has 3 aromatic carbocycles. The largest absolute Gasteiger partial charge is 0.497 e. The molecule has 0 spiro atoms. The van der Waals surface area contributed by atoms with Crippen molar-refractivity contribution < 1.29 is 32.2 Å². The molecule has 0 saturated heterocycles. The first-order valence-corrected chi connectivity index (χ1v) is 11.7. The molecule has 0 saturated carbocycles. The van der Waals surface area contributed by atoms with Crippen LogP contribution in [0.2, 0.25) is 0 Å². The lowest BCUT2D eigenvalue weighted by Gasteiger charge is -2.14. The molecule has 0 bridgehead atoms. The maximum Gasteiger partial charge on any atom is 0.261 e. The van der Waals surface area contributed by atoms with E-state index in [4.69, 9.17) is 18.9 Å². The fourth-order valence-corrected chi connectivity index (χ4v) is 4.15. The number of anilines is 1. The van der Waals surface area contributed by atoms with Crippen molar-refractivity contribution >= 4 is 21.6 Å². The van der Waals surface area contributed by atoms with Gasteiger partial charge in [0.15, 0.2) is 6.61 Å². The number of carbonyl (C=O) groups excluding carboxylic acids is 1. The van der Waals surface area contributed by atoms with Gasteiger partial charge in [-0.15, -0.1) is 0 Å². The van der Waals surface area contributed by atoms with E-state index >= 15 is 0 Å². The van der Waals surface area contributed by atoms with Gasteiger partial charge in [-0.25, -0.2) is 8.42 Å². The molecule has 9 nitrogen and oxygen atoms in total. The van der Waals surface area contributed by atoms with Crippen molar-refractivity contribution in [2.24, 2.45) is 0 Å². The smallest absolute Gasteiger partial charge is 0.261 e. The predicted octanol–water partition coefficient (Wildman–Crippen LogP) is 3.21. The highest BCUT2D eigenvalue weighted by molar-refractivity contribution is 7.92. The SMILES string of the molecule is COc1cccc(NS(=O)(=O)c2ccc(OCC(=O)NCc3c(OC)cccc3OC)cc2)c1. The van der Waals surface area contributed by atoms with Crippen molar-refractivity contribution in [3.05, 3.63) is 72.3 Å². The molecule has 0 heterocycles. The molecular formula is C24H26N2O7S. The van der Waals surface area contributed by atoms with Gasteiger partial charge in [0.2, 0.25) is 0 Å². The zero-order valence-electron chi connectivity index (χ0n) is 19.0. The Morgan fingerprint density at radius 2 is 1.47 bits per heavy atom. The second-order valence-corrected chi connectivity index (χ2v) is 8.70. The highest BCUT2D eigenvalue weighted by Crippen LogP contribution is 2.28. The molecule has 3 aromatic rings. The number of carbonyl (C=O) groups is 1. The lowest BCUT2D eigenvalue weighted by atomic mass is 10.1. The van der Waals surface area contributed by atoms with Crippen LogP contribution >= 0.6 is 0 Å². The van der Waals surface area contributed by atoms with Crippen LogP contribution in [-0.4, -0.2) is 42.3 Å². The van der Waals surface area contributed by atoms with Gasteiger partial charge in [0, 0.05) is 6.07 Å². The van der Waals surface area contributed by atoms with E-state index < -0.39 is 10.0 Å². The van der Waals surface area contributed by atoms with Gasteiger partial charge in [-0.05, 0) is 48.5 Å². The third-order valence-electron chi connectivity index (χ3n) is 4.82. The van der Waals surface area contributed by atoms with Crippen LogP contribution in [0.3, 0.4) is 0 Å². The predicted molar refractivity (Wildman–Crippen MR) is 127 cm³/mol. The minimum Gasteiger partial charge on any atom is -0.497 e. The Hall–Kier alpha value is -3.92. The van der Waals surface area contributed by atoms with E-state index in [-0.39, 0.29) is 24.0 Å². The van der Waals surface area contributed by atoms with Crippen molar-refractivity contribution in [1.82, 2.24) is 5.32 Å². The van der Waals surface area contributed by atoms with E-state index in [1.807, 2.05) is 0 Å². The normalized spacial score (nSPS) is 10.8. The zero-order chi connectivity index (χ0) is 24.6. The molecule has 180 valence electrons. The van der Waals surface area contributed by atoms with Crippen LogP contribution in [-0.2, 0) is 21.4 Å². The average molecular weight is 487 g/mol. The van der Waals surface area contributed by atoms with Crippen LogP contribution in [0.5, 0.6) is 23.0 Å². The van der Waals surface area contributed by atoms with Gasteiger partial charge in [-0.3, -0.25) is 9.52 Å². The molecule has 0 radical (unpaired) electrons. The van der Waals surface area contributed by atoms with Crippen molar-refractivity contribution in [2.75, 3.05) is 32.7 Å². The van der Waals surface area contributed by atoms with Crippen LogP contribution in [0.1, 0.15) is 5.56 Å². The summed E-state index contributed by atoms with van der Waals surface area (Å²) in [6.07, 6.45) is 0. The standard InChI is InChI=1S/C24H26N2O7S/c1-30-19-7-4-6-17(14-19)26-34(28,29)20-12-10-18(11-13-20)33-16-24(27)25-15-21-22(31-2)8-5-9-23(21)32-3/h4-14,26H,15-16H2,1-3H3,(H,25,27). The summed E-state index contributed by atoms with van der Waals surface area (Å²) >= 11 is 0. The van der Waals surface area contributed by atoms with Crippen LogP contribution in [0.25, 0.3) is 0 Å². The lowest BCUT2D eigenvalue weighted by molar-refractivity contribution is -0.123. The van der Waals surface area contributed by atoms with Gasteiger partial charge >= 0.3 is 0 Å². The Bertz CT molecular complexity index is 1210. The second-order valence-electron chi connectivity index (χ2n) is 7.02. The van der Waals surface area contributed by atoms with Crippen LogP contribution < -0.4 is 29.0 Å². The summed E-state index contributed by atoms with van der Waals surface area (Å²) in [5, 5.41) is 2.75. The van der Waals surface area contributed by atoms with Gasteiger partial charge in [0.1, 0.15) is 23.0 Å². The molecule has 34 heavy (non-hydrogen) atoms. The number of nitrogens with one attached hydrogen (secondary N) is 2. The van der Waals surface area contributed by atoms with E-state index in [1.54, 1.807) is 56.7 Å². The number of rotatable bonds is 11. The summed E-state index contributed by atoms with van der Waals surface area (Å²) in [4.78, 5) is 12.3. The topological polar surface area (TPSA) is 112 Å². The van der Waals surface area contributed by atoms with E-state index in [0.29, 0.717) is 34.2 Å². The van der Waals surface area contributed by atoms with Gasteiger partial charge < -0.3 is 24.3 Å². The second kappa shape index (κ2) is 11.3. The van der Waals surface area contributed by atoms with Crippen LogP contribution in [0, 0.1) is 0 Å². The Kier molecular flexibility index (Phi) is 8.20. The molecule has 2 N–H and O–H groups in total. The molecule has 3 rings (SSSR count). The number of hydrogen-bond donors (Lipinski definition) is 2. The molecular weight excluding hydrogens is 460 g/mol. The van der Waals surface area contributed by atoms with Crippen molar-refractivity contribution in [3.8, 4) is 23.0 Å². The van der Waals surface area contributed by atoms with E-state index in [2.05, 4.69) is 10.0 Å². The first kappa shape index (κ1) is 24.7. The van der Waals surface area contributed by atoms with Gasteiger partial charge in [0.25, 0.3) is 15.9 Å². The van der Waals surface area contributed by atoms with Gasteiger partial charge in [-0.1, -0.05) is 12.1 Å². The minimum absolute atomic E-state index is 0.0513. The number of benzene rings is 3. The average Bonchev–Trinajstić information content (AvgIpc) is 2.86. The molecule has 0 aliphatic heterocycles. The Balaban J connectivity index is 1.56. The fraction of sp³-hybridized carbons (Fsp3) is 0.208. The van der Waals surface area contributed by atoms with Crippen LogP contribution in [0.15, 0.2) is 71.6 Å². The van der Waals surface area contributed by atoms with Gasteiger partial charge in [-0.2, -0.15) is 0 Å². The summed E-state index contributed by atoms with van der Waals surface area (Å²) in [6.45, 7) is -0.0475.